The minimum atomic E-state index is -0.913. The first kappa shape index (κ1) is 11.4. The molecule has 102 valence electrons. The molecule has 1 heterocycles. The lowest BCUT2D eigenvalue weighted by Gasteiger charge is -2.61. The standard InChI is InChI=1S/C13H18N4O2/c18-11(19)6-12-2-9-1-10(3-12)5-13(4-9,7-12)17-15-8-14-16-17/h8-10H,1-7H2,(H,18,19)/p-1/t9-,10+,12?,13?. The highest BCUT2D eigenvalue weighted by Gasteiger charge is 2.59. The number of carbonyl (C=O) groups is 1. The minimum Gasteiger partial charge on any atom is -0.550 e. The van der Waals surface area contributed by atoms with Gasteiger partial charge in [0.05, 0.1) is 5.54 Å². The van der Waals surface area contributed by atoms with Gasteiger partial charge in [0, 0.05) is 5.97 Å². The number of carboxylic acids is 1. The van der Waals surface area contributed by atoms with E-state index in [2.05, 4.69) is 15.4 Å². The predicted octanol–water partition coefficient (Wildman–Crippen LogP) is 0.109. The first-order valence-corrected chi connectivity index (χ1v) is 7.03. The number of carboxylic acid groups (broad SMARTS) is 1. The Hall–Kier alpha value is -1.46. The Morgan fingerprint density at radius 3 is 2.63 bits per heavy atom. The molecule has 4 bridgehead atoms. The Kier molecular flexibility index (Phi) is 2.13. The molecule has 6 heteroatoms. The van der Waals surface area contributed by atoms with E-state index in [4.69, 9.17) is 0 Å². The monoisotopic (exact) mass is 261 g/mol. The van der Waals surface area contributed by atoms with Crippen molar-refractivity contribution in [3.63, 3.8) is 0 Å². The van der Waals surface area contributed by atoms with Crippen molar-refractivity contribution in [2.75, 3.05) is 0 Å². The molecule has 2 unspecified atom stereocenters. The van der Waals surface area contributed by atoms with Crippen molar-refractivity contribution in [1.82, 2.24) is 20.2 Å². The zero-order valence-electron chi connectivity index (χ0n) is 10.8. The molecule has 6 nitrogen and oxygen atoms in total. The van der Waals surface area contributed by atoms with Crippen molar-refractivity contribution in [3.8, 4) is 0 Å². The van der Waals surface area contributed by atoms with Crippen LogP contribution in [0.4, 0.5) is 0 Å². The van der Waals surface area contributed by atoms with E-state index in [0.717, 1.165) is 32.1 Å². The SMILES string of the molecule is O=C([O-])CC12C[C@H]3C[C@@H](C1)CC(n1ncnn1)(C3)C2. The molecule has 0 saturated heterocycles. The molecule has 4 fully saturated rings. The van der Waals surface area contributed by atoms with Gasteiger partial charge >= 0.3 is 0 Å². The second kappa shape index (κ2) is 3.55. The molecule has 0 amide bonds. The third kappa shape index (κ3) is 1.61. The number of carbonyl (C=O) groups excluding carboxylic acids is 1. The molecular weight excluding hydrogens is 244 g/mol. The fraction of sp³-hybridized carbons (Fsp3) is 0.846. The molecule has 1 aromatic rings. The first-order valence-electron chi connectivity index (χ1n) is 7.03. The maximum atomic E-state index is 11.1. The molecule has 4 aliphatic rings. The predicted molar refractivity (Wildman–Crippen MR) is 62.5 cm³/mol. The molecule has 0 radical (unpaired) electrons. The molecule has 4 atom stereocenters. The van der Waals surface area contributed by atoms with Crippen molar-refractivity contribution in [3.05, 3.63) is 6.33 Å². The van der Waals surface area contributed by atoms with Crippen LogP contribution in [0.5, 0.6) is 0 Å². The summed E-state index contributed by atoms with van der Waals surface area (Å²) in [6, 6.07) is 0. The van der Waals surface area contributed by atoms with E-state index in [1.165, 1.54) is 12.7 Å². The number of rotatable bonds is 3. The van der Waals surface area contributed by atoms with Crippen LogP contribution in [0, 0.1) is 17.3 Å². The summed E-state index contributed by atoms with van der Waals surface area (Å²) in [7, 11) is 0. The van der Waals surface area contributed by atoms with Crippen molar-refractivity contribution in [2.45, 2.75) is 50.5 Å². The van der Waals surface area contributed by atoms with Crippen LogP contribution in [0.25, 0.3) is 0 Å². The van der Waals surface area contributed by atoms with Gasteiger partial charge in [0.1, 0.15) is 0 Å². The second-order valence-electron chi connectivity index (χ2n) is 6.96. The van der Waals surface area contributed by atoms with Gasteiger partial charge < -0.3 is 9.90 Å². The molecule has 19 heavy (non-hydrogen) atoms. The van der Waals surface area contributed by atoms with Gasteiger partial charge in [-0.15, -0.1) is 10.2 Å². The van der Waals surface area contributed by atoms with Crippen LogP contribution in [0.1, 0.15) is 44.9 Å². The van der Waals surface area contributed by atoms with E-state index in [1.54, 1.807) is 4.80 Å². The van der Waals surface area contributed by atoms with E-state index in [9.17, 15) is 9.90 Å². The fourth-order valence-electron chi connectivity index (χ4n) is 5.53. The maximum absolute atomic E-state index is 11.1. The van der Waals surface area contributed by atoms with E-state index in [0.29, 0.717) is 11.8 Å². The molecular formula is C13H17N4O2-. The van der Waals surface area contributed by atoms with Gasteiger partial charge in [0.25, 0.3) is 0 Å². The molecule has 1 aromatic heterocycles. The lowest BCUT2D eigenvalue weighted by Crippen LogP contribution is -2.58. The Bertz CT molecular complexity index is 499. The van der Waals surface area contributed by atoms with Crippen LogP contribution in [-0.4, -0.2) is 26.2 Å². The summed E-state index contributed by atoms with van der Waals surface area (Å²) in [6.45, 7) is 0. The quantitative estimate of drug-likeness (QED) is 0.771. The van der Waals surface area contributed by atoms with Gasteiger partial charge in [0.15, 0.2) is 6.33 Å². The molecule has 4 saturated carbocycles. The molecule has 4 aliphatic carbocycles. The minimum absolute atomic E-state index is 0.0868. The van der Waals surface area contributed by atoms with E-state index < -0.39 is 5.97 Å². The lowest BCUT2D eigenvalue weighted by atomic mass is 9.46. The van der Waals surface area contributed by atoms with E-state index in [-0.39, 0.29) is 17.4 Å². The zero-order valence-corrected chi connectivity index (χ0v) is 10.8. The van der Waals surface area contributed by atoms with Crippen LogP contribution < -0.4 is 5.11 Å². The van der Waals surface area contributed by atoms with Gasteiger partial charge in [-0.3, -0.25) is 0 Å². The highest BCUT2D eigenvalue weighted by molar-refractivity contribution is 5.65. The summed E-state index contributed by atoms with van der Waals surface area (Å²) >= 11 is 0. The largest absolute Gasteiger partial charge is 0.550 e. The molecule has 0 aliphatic heterocycles. The molecule has 0 N–H and O–H groups in total. The Morgan fingerprint density at radius 2 is 2.05 bits per heavy atom. The van der Waals surface area contributed by atoms with Crippen molar-refractivity contribution in [1.29, 1.82) is 0 Å². The van der Waals surface area contributed by atoms with Gasteiger partial charge in [-0.25, -0.2) is 0 Å². The highest BCUT2D eigenvalue weighted by Crippen LogP contribution is 2.64. The summed E-state index contributed by atoms with van der Waals surface area (Å²) < 4.78 is 0. The number of hydrogen-bond donors (Lipinski definition) is 0. The maximum Gasteiger partial charge on any atom is 0.162 e. The van der Waals surface area contributed by atoms with Gasteiger partial charge in [-0.1, -0.05) is 0 Å². The second-order valence-corrected chi connectivity index (χ2v) is 6.96. The highest BCUT2D eigenvalue weighted by atomic mass is 16.4. The summed E-state index contributed by atoms with van der Waals surface area (Å²) in [5.41, 5.74) is -0.174. The average Bonchev–Trinajstić information content (AvgIpc) is 2.78. The summed E-state index contributed by atoms with van der Waals surface area (Å²) in [6.07, 6.45) is 8.01. The van der Waals surface area contributed by atoms with Crippen molar-refractivity contribution >= 4 is 5.97 Å². The number of tetrazole rings is 1. The Morgan fingerprint density at radius 1 is 1.32 bits per heavy atom. The zero-order chi connectivity index (χ0) is 13.1. The van der Waals surface area contributed by atoms with E-state index >= 15 is 0 Å². The van der Waals surface area contributed by atoms with Crippen molar-refractivity contribution in [2.24, 2.45) is 17.3 Å². The summed E-state index contributed by atoms with van der Waals surface area (Å²) in [5.74, 6) is 0.321. The van der Waals surface area contributed by atoms with Crippen LogP contribution >= 0.6 is 0 Å². The molecule has 0 spiro atoms. The average molecular weight is 261 g/mol. The number of hydrogen-bond acceptors (Lipinski definition) is 5. The Balaban J connectivity index is 1.74. The van der Waals surface area contributed by atoms with E-state index in [1.807, 2.05) is 0 Å². The first-order chi connectivity index (χ1) is 9.09. The number of aliphatic carboxylic acids is 1. The third-order valence-corrected chi connectivity index (χ3v) is 5.44. The van der Waals surface area contributed by atoms with Crippen LogP contribution in [0.3, 0.4) is 0 Å². The number of nitrogens with zero attached hydrogens (tertiary/aromatic N) is 4. The van der Waals surface area contributed by atoms with Crippen molar-refractivity contribution < 1.29 is 9.90 Å². The fourth-order valence-corrected chi connectivity index (χ4v) is 5.53. The molecule has 0 aromatic carbocycles. The van der Waals surface area contributed by atoms with Gasteiger partial charge in [0.2, 0.25) is 0 Å². The molecule has 5 rings (SSSR count). The smallest absolute Gasteiger partial charge is 0.162 e. The Labute approximate surface area is 111 Å². The van der Waals surface area contributed by atoms with Crippen LogP contribution in [0.2, 0.25) is 0 Å². The lowest BCUT2D eigenvalue weighted by molar-refractivity contribution is -0.310. The summed E-state index contributed by atoms with van der Waals surface area (Å²) in [4.78, 5) is 12.9. The van der Waals surface area contributed by atoms with Crippen LogP contribution in [-0.2, 0) is 10.3 Å². The topological polar surface area (TPSA) is 83.7 Å². The number of aromatic nitrogens is 4. The van der Waals surface area contributed by atoms with Gasteiger partial charge in [-0.2, -0.15) is 4.80 Å². The summed E-state index contributed by atoms with van der Waals surface area (Å²) in [5, 5.41) is 23.3. The third-order valence-electron chi connectivity index (χ3n) is 5.44. The van der Waals surface area contributed by atoms with Gasteiger partial charge in [-0.05, 0) is 67.4 Å². The normalized spacial score (nSPS) is 43.6. The van der Waals surface area contributed by atoms with Crippen LogP contribution in [0.15, 0.2) is 6.33 Å².